The molecule has 0 radical (unpaired) electrons. The Morgan fingerprint density at radius 2 is 1.89 bits per heavy atom. The number of nitrogens with zero attached hydrogens (tertiary/aromatic N) is 2. The molecule has 286 valence electrons. The van der Waals surface area contributed by atoms with Crippen LogP contribution < -0.4 is 24.8 Å². The summed E-state index contributed by atoms with van der Waals surface area (Å²) in [5.74, 6) is -2.25. The normalized spacial score (nSPS) is 23.2. The van der Waals surface area contributed by atoms with Gasteiger partial charge in [-0.2, -0.15) is 0 Å². The number of fused-ring (bicyclic) bond motifs is 1. The Balaban J connectivity index is 1.44. The number of methoxy groups -OCH3 is 1. The smallest absolute Gasteiger partial charge is 0.408 e. The van der Waals surface area contributed by atoms with Gasteiger partial charge in [0.05, 0.1) is 18.9 Å². The van der Waals surface area contributed by atoms with Crippen molar-refractivity contribution in [3.63, 3.8) is 0 Å². The van der Waals surface area contributed by atoms with E-state index in [0.29, 0.717) is 24.0 Å². The average Bonchev–Trinajstić information content (AvgIpc) is 4.02. The molecule has 0 spiro atoms. The lowest BCUT2D eigenvalue weighted by atomic mass is 10.1. The van der Waals surface area contributed by atoms with E-state index in [1.807, 2.05) is 6.07 Å². The van der Waals surface area contributed by atoms with Crippen LogP contribution in [-0.2, 0) is 33.9 Å². The number of hydrogen-bond acceptors (Lipinski definition) is 11. The maximum Gasteiger partial charge on any atom is 0.408 e. The number of carbonyl (C=O) groups is 5. The molecule has 1 aliphatic heterocycles. The molecule has 2 aliphatic carbocycles. The first-order valence-corrected chi connectivity index (χ1v) is 19.1. The van der Waals surface area contributed by atoms with Crippen molar-refractivity contribution in [1.82, 2.24) is 25.2 Å². The van der Waals surface area contributed by atoms with Gasteiger partial charge in [-0.15, -0.1) is 6.58 Å². The molecule has 3 fully saturated rings. The molecule has 2 heterocycles. The number of benzene rings is 1. The van der Waals surface area contributed by atoms with E-state index in [-0.39, 0.29) is 43.9 Å². The summed E-state index contributed by atoms with van der Waals surface area (Å²) >= 11 is 0. The molecule has 3 aliphatic rings. The Kier molecular flexibility index (Phi) is 11.5. The lowest BCUT2D eigenvalue weighted by molar-refractivity contribution is -0.141. The Bertz CT molecular complexity index is 1920. The van der Waals surface area contributed by atoms with Gasteiger partial charge < -0.3 is 29.7 Å². The SMILES string of the molecule is C=C[C@@H]1C[C@]1(NC(=O)[C@@H]1C[C@@H](Oc2nccc3cc(OC)ccc23)CN1C(=O)[C@H](CCC(=O)/C=C/C)NC(=O)OC(C)(C)C)C(=O)NS(=O)(=O)C1CC1. The molecule has 1 aromatic carbocycles. The number of allylic oxidation sites excluding steroid dienone is 2. The predicted molar refractivity (Wildman–Crippen MR) is 194 cm³/mol. The van der Waals surface area contributed by atoms with Crippen LogP contribution in [0.2, 0.25) is 0 Å². The summed E-state index contributed by atoms with van der Waals surface area (Å²) in [5.41, 5.74) is -2.49. The Morgan fingerprint density at radius 3 is 2.51 bits per heavy atom. The predicted octanol–water partition coefficient (Wildman–Crippen LogP) is 3.08. The van der Waals surface area contributed by atoms with E-state index in [0.717, 1.165) is 5.39 Å². The molecule has 4 amide bonds. The molecule has 15 nitrogen and oxygen atoms in total. The highest BCUT2D eigenvalue weighted by atomic mass is 32.2. The summed E-state index contributed by atoms with van der Waals surface area (Å²) in [4.78, 5) is 73.1. The summed E-state index contributed by atoms with van der Waals surface area (Å²) in [6, 6.07) is 4.62. The second-order valence-electron chi connectivity index (χ2n) is 14.6. The number of sulfonamides is 1. The largest absolute Gasteiger partial charge is 0.497 e. The Morgan fingerprint density at radius 1 is 1.15 bits per heavy atom. The van der Waals surface area contributed by atoms with E-state index >= 15 is 0 Å². The number of amides is 4. The van der Waals surface area contributed by atoms with E-state index in [4.69, 9.17) is 14.2 Å². The van der Waals surface area contributed by atoms with E-state index in [1.54, 1.807) is 65.3 Å². The monoisotopic (exact) mass is 753 g/mol. The quantitative estimate of drug-likeness (QED) is 0.178. The van der Waals surface area contributed by atoms with E-state index < -0.39 is 74.3 Å². The molecule has 0 unspecified atom stereocenters. The zero-order valence-corrected chi connectivity index (χ0v) is 31.4. The molecule has 16 heteroatoms. The Labute approximate surface area is 308 Å². The molecule has 1 saturated heterocycles. The van der Waals surface area contributed by atoms with Gasteiger partial charge in [0, 0.05) is 30.3 Å². The number of ether oxygens (including phenoxy) is 3. The average molecular weight is 754 g/mol. The molecule has 2 saturated carbocycles. The zero-order chi connectivity index (χ0) is 38.7. The van der Waals surface area contributed by atoms with Crippen LogP contribution in [0.3, 0.4) is 0 Å². The van der Waals surface area contributed by atoms with Gasteiger partial charge in [0.2, 0.25) is 27.7 Å². The molecular weight excluding hydrogens is 706 g/mol. The number of ketones is 1. The molecule has 1 aromatic heterocycles. The van der Waals surface area contributed by atoms with Crippen LogP contribution >= 0.6 is 0 Å². The standard InChI is InChI=1S/C37H47N5O10S/c1-7-9-24(43)10-15-29(39-35(47)52-36(3,4)5)33(45)42-21-26(51-32-28-14-11-25(50-6)18-22(28)16-17-38-32)19-30(42)31(44)40-37(20-23(37)8-2)34(46)41-53(48,49)27-12-13-27/h7-9,11,14,16-18,23,26-27,29-30H,2,10,12-13,15,19-21H2,1,3-6H3,(H,39,47)(H,40,44)(H,41,46)/b9-7+/t23-,26-,29+,30+,37-/m1/s1. The van der Waals surface area contributed by atoms with Crippen molar-refractivity contribution < 1.29 is 46.6 Å². The fraction of sp³-hybridized carbons (Fsp3) is 0.514. The number of nitrogens with one attached hydrogen (secondary N) is 3. The van der Waals surface area contributed by atoms with Crippen molar-refractivity contribution in [2.45, 2.75) is 101 Å². The van der Waals surface area contributed by atoms with Gasteiger partial charge >= 0.3 is 6.09 Å². The zero-order valence-electron chi connectivity index (χ0n) is 30.5. The summed E-state index contributed by atoms with van der Waals surface area (Å²) in [6.07, 6.45) is 5.02. The molecule has 2 aromatic rings. The number of likely N-dealkylation sites (tertiary alicyclic amines) is 1. The Hall–Kier alpha value is -4.99. The fourth-order valence-electron chi connectivity index (χ4n) is 6.36. The summed E-state index contributed by atoms with van der Waals surface area (Å²) in [5, 5.41) is 6.08. The first-order valence-electron chi connectivity index (χ1n) is 17.6. The molecular formula is C37H47N5O10S. The molecule has 0 bridgehead atoms. The number of pyridine rings is 1. The van der Waals surface area contributed by atoms with Crippen molar-refractivity contribution in [3.8, 4) is 11.6 Å². The number of aromatic nitrogens is 1. The van der Waals surface area contributed by atoms with Gasteiger partial charge in [0.25, 0.3) is 5.91 Å². The molecule has 5 atom stereocenters. The highest BCUT2D eigenvalue weighted by Gasteiger charge is 2.62. The molecule has 5 rings (SSSR count). The van der Waals surface area contributed by atoms with Crippen LogP contribution in [0.4, 0.5) is 4.79 Å². The highest BCUT2D eigenvalue weighted by molar-refractivity contribution is 7.91. The summed E-state index contributed by atoms with van der Waals surface area (Å²) in [6.45, 7) is 10.3. The number of rotatable bonds is 15. The molecule has 3 N–H and O–H groups in total. The third-order valence-electron chi connectivity index (χ3n) is 9.33. The maximum atomic E-state index is 14.4. The third-order valence-corrected chi connectivity index (χ3v) is 11.2. The van der Waals surface area contributed by atoms with Crippen LogP contribution in [0.5, 0.6) is 11.6 Å². The first-order chi connectivity index (χ1) is 25.0. The third kappa shape index (κ3) is 9.33. The maximum absolute atomic E-state index is 14.4. The van der Waals surface area contributed by atoms with Crippen molar-refractivity contribution in [2.75, 3.05) is 13.7 Å². The minimum Gasteiger partial charge on any atom is -0.497 e. The van der Waals surface area contributed by atoms with Crippen molar-refractivity contribution in [2.24, 2.45) is 5.92 Å². The minimum absolute atomic E-state index is 0.0424. The van der Waals surface area contributed by atoms with E-state index in [1.165, 1.54) is 17.1 Å². The second kappa shape index (κ2) is 15.5. The topological polar surface area (TPSA) is 199 Å². The van der Waals surface area contributed by atoms with Gasteiger partial charge in [0.1, 0.15) is 35.1 Å². The van der Waals surface area contributed by atoms with E-state index in [9.17, 15) is 32.4 Å². The molecule has 53 heavy (non-hydrogen) atoms. The van der Waals surface area contributed by atoms with Crippen LogP contribution in [0, 0.1) is 5.92 Å². The van der Waals surface area contributed by atoms with Crippen LogP contribution in [0.1, 0.15) is 66.2 Å². The minimum atomic E-state index is -3.93. The number of carbonyl (C=O) groups excluding carboxylic acids is 5. The van der Waals surface area contributed by atoms with Gasteiger partial charge in [-0.05, 0) is 89.1 Å². The van der Waals surface area contributed by atoms with Crippen LogP contribution in [0.25, 0.3) is 10.8 Å². The summed E-state index contributed by atoms with van der Waals surface area (Å²) < 4.78 is 44.6. The van der Waals surface area contributed by atoms with Crippen molar-refractivity contribution >= 4 is 50.4 Å². The van der Waals surface area contributed by atoms with Gasteiger partial charge in [-0.3, -0.25) is 23.9 Å². The number of alkyl carbamates (subject to hydrolysis) is 1. The fourth-order valence-corrected chi connectivity index (χ4v) is 7.73. The summed E-state index contributed by atoms with van der Waals surface area (Å²) in [7, 11) is -2.38. The van der Waals surface area contributed by atoms with Gasteiger partial charge in [0.15, 0.2) is 5.78 Å². The van der Waals surface area contributed by atoms with Gasteiger partial charge in [-0.1, -0.05) is 12.2 Å². The van der Waals surface area contributed by atoms with Crippen LogP contribution in [0.15, 0.2) is 55.3 Å². The van der Waals surface area contributed by atoms with Crippen molar-refractivity contribution in [3.05, 3.63) is 55.3 Å². The second-order valence-corrected chi connectivity index (χ2v) is 16.5. The van der Waals surface area contributed by atoms with Crippen molar-refractivity contribution in [1.29, 1.82) is 0 Å². The highest BCUT2D eigenvalue weighted by Crippen LogP contribution is 2.45. The van der Waals surface area contributed by atoms with Crippen LogP contribution in [-0.4, -0.2) is 96.1 Å². The lowest BCUT2D eigenvalue weighted by Gasteiger charge is -2.30. The number of hydrogen-bond donors (Lipinski definition) is 3. The van der Waals surface area contributed by atoms with Gasteiger partial charge in [-0.25, -0.2) is 18.2 Å². The lowest BCUT2D eigenvalue weighted by Crippen LogP contribution is -2.58. The first kappa shape index (κ1) is 39.2. The van der Waals surface area contributed by atoms with E-state index in [2.05, 4.69) is 26.9 Å².